The van der Waals surface area contributed by atoms with Crippen LogP contribution in [-0.4, -0.2) is 36.3 Å². The Kier molecular flexibility index (Phi) is 7.16. The van der Waals surface area contributed by atoms with E-state index in [1.807, 2.05) is 39.0 Å². The summed E-state index contributed by atoms with van der Waals surface area (Å²) in [6.07, 6.45) is 0.223. The van der Waals surface area contributed by atoms with Crippen LogP contribution in [0.5, 0.6) is 5.75 Å². The maximum absolute atomic E-state index is 12.7. The van der Waals surface area contributed by atoms with Gasteiger partial charge in [0.25, 0.3) is 0 Å². The summed E-state index contributed by atoms with van der Waals surface area (Å²) in [6.45, 7) is 6.96. The van der Waals surface area contributed by atoms with Gasteiger partial charge in [0.2, 0.25) is 0 Å². The number of ether oxygens (including phenoxy) is 2. The number of hydrogen-bond acceptors (Lipinski definition) is 3. The number of carbonyl (C=O) groups excluding carboxylic acids is 1. The van der Waals surface area contributed by atoms with E-state index < -0.39 is 17.3 Å². The molecule has 1 heterocycles. The van der Waals surface area contributed by atoms with Crippen LogP contribution in [0.4, 0.5) is 18.0 Å². The summed E-state index contributed by atoms with van der Waals surface area (Å²) in [7, 11) is 0. The highest BCUT2D eigenvalue weighted by Crippen LogP contribution is 2.29. The Hall–Kier alpha value is -2.96. The molecule has 1 amide bonds. The SMILES string of the molecule is CC(C)(C)OC(=O)N1CCc2cccc(OC/C=C/c3ccc(C(F)(F)F)cc3)c2CC1. The lowest BCUT2D eigenvalue weighted by atomic mass is 10.0. The monoisotopic (exact) mass is 447 g/mol. The smallest absolute Gasteiger partial charge is 0.416 e. The first-order chi connectivity index (χ1) is 15.0. The molecule has 1 aliphatic rings. The van der Waals surface area contributed by atoms with Crippen LogP contribution in [0.2, 0.25) is 0 Å². The van der Waals surface area contributed by atoms with Gasteiger partial charge in [-0.15, -0.1) is 0 Å². The Bertz CT molecular complexity index is 960. The third-order valence-corrected chi connectivity index (χ3v) is 5.05. The molecule has 1 aliphatic heterocycles. The highest BCUT2D eigenvalue weighted by molar-refractivity contribution is 5.68. The molecule has 0 radical (unpaired) electrons. The van der Waals surface area contributed by atoms with E-state index in [0.717, 1.165) is 29.0 Å². The van der Waals surface area contributed by atoms with Gasteiger partial charge in [-0.05, 0) is 74.6 Å². The van der Waals surface area contributed by atoms with E-state index >= 15 is 0 Å². The summed E-state index contributed by atoms with van der Waals surface area (Å²) in [5, 5.41) is 0. The van der Waals surface area contributed by atoms with Gasteiger partial charge >= 0.3 is 12.3 Å². The van der Waals surface area contributed by atoms with Crippen molar-refractivity contribution in [3.63, 3.8) is 0 Å². The van der Waals surface area contributed by atoms with Gasteiger partial charge in [0.1, 0.15) is 18.0 Å². The average Bonchev–Trinajstić information content (AvgIpc) is 2.93. The lowest BCUT2D eigenvalue weighted by molar-refractivity contribution is -0.137. The summed E-state index contributed by atoms with van der Waals surface area (Å²) in [4.78, 5) is 14.1. The van der Waals surface area contributed by atoms with Crippen molar-refractivity contribution >= 4 is 12.2 Å². The third-order valence-electron chi connectivity index (χ3n) is 5.05. The molecule has 0 unspecified atom stereocenters. The van der Waals surface area contributed by atoms with Crippen molar-refractivity contribution in [1.82, 2.24) is 4.90 Å². The van der Waals surface area contributed by atoms with Crippen molar-refractivity contribution < 1.29 is 27.4 Å². The minimum absolute atomic E-state index is 0.285. The van der Waals surface area contributed by atoms with Gasteiger partial charge < -0.3 is 14.4 Å². The third kappa shape index (κ3) is 6.52. The Morgan fingerprint density at radius 2 is 1.72 bits per heavy atom. The molecule has 0 saturated carbocycles. The van der Waals surface area contributed by atoms with Crippen molar-refractivity contribution in [2.45, 2.75) is 45.4 Å². The maximum Gasteiger partial charge on any atom is 0.416 e. The summed E-state index contributed by atoms with van der Waals surface area (Å²) in [5.41, 5.74) is 1.67. The maximum atomic E-state index is 12.7. The summed E-state index contributed by atoms with van der Waals surface area (Å²) in [6, 6.07) is 10.9. The fraction of sp³-hybridized carbons (Fsp3) is 0.400. The van der Waals surface area contributed by atoms with E-state index in [1.54, 1.807) is 17.1 Å². The molecule has 32 heavy (non-hydrogen) atoms. The van der Waals surface area contributed by atoms with Crippen molar-refractivity contribution in [2.24, 2.45) is 0 Å². The molecule has 0 aliphatic carbocycles. The van der Waals surface area contributed by atoms with Crippen LogP contribution in [-0.2, 0) is 23.8 Å². The van der Waals surface area contributed by atoms with Gasteiger partial charge in [-0.1, -0.05) is 30.3 Å². The normalized spacial score (nSPS) is 14.8. The summed E-state index contributed by atoms with van der Waals surface area (Å²) >= 11 is 0. The van der Waals surface area contributed by atoms with Gasteiger partial charge in [0.05, 0.1) is 5.56 Å². The second-order valence-corrected chi connectivity index (χ2v) is 8.69. The van der Waals surface area contributed by atoms with Gasteiger partial charge in [-0.2, -0.15) is 13.2 Å². The first kappa shape index (κ1) is 23.7. The fourth-order valence-corrected chi connectivity index (χ4v) is 3.49. The molecule has 0 atom stereocenters. The molecule has 0 N–H and O–H groups in total. The van der Waals surface area contributed by atoms with Gasteiger partial charge in [0, 0.05) is 13.1 Å². The van der Waals surface area contributed by atoms with Crippen LogP contribution < -0.4 is 4.74 Å². The molecule has 0 aromatic heterocycles. The molecular formula is C25H28F3NO3. The van der Waals surface area contributed by atoms with Gasteiger partial charge in [-0.3, -0.25) is 0 Å². The molecule has 3 rings (SSSR count). The van der Waals surface area contributed by atoms with E-state index in [9.17, 15) is 18.0 Å². The fourth-order valence-electron chi connectivity index (χ4n) is 3.49. The number of amides is 1. The molecule has 7 heteroatoms. The molecule has 4 nitrogen and oxygen atoms in total. The largest absolute Gasteiger partial charge is 0.489 e. The van der Waals surface area contributed by atoms with E-state index in [-0.39, 0.29) is 12.7 Å². The first-order valence-corrected chi connectivity index (χ1v) is 10.6. The quantitative estimate of drug-likeness (QED) is 0.566. The number of alkyl halides is 3. The molecular weight excluding hydrogens is 419 g/mol. The van der Waals surface area contributed by atoms with Crippen molar-refractivity contribution in [2.75, 3.05) is 19.7 Å². The molecule has 172 valence electrons. The van der Waals surface area contributed by atoms with Crippen LogP contribution in [0.1, 0.15) is 43.0 Å². The zero-order valence-electron chi connectivity index (χ0n) is 18.5. The average molecular weight is 447 g/mol. The number of nitrogens with zero attached hydrogens (tertiary/aromatic N) is 1. The van der Waals surface area contributed by atoms with Crippen molar-refractivity contribution in [1.29, 1.82) is 0 Å². The van der Waals surface area contributed by atoms with E-state index in [0.29, 0.717) is 31.5 Å². The number of halogens is 3. The number of hydrogen-bond donors (Lipinski definition) is 0. The Morgan fingerprint density at radius 1 is 1.03 bits per heavy atom. The van der Waals surface area contributed by atoms with Gasteiger partial charge in [0.15, 0.2) is 0 Å². The highest BCUT2D eigenvalue weighted by Gasteiger charge is 2.29. The van der Waals surface area contributed by atoms with Crippen LogP contribution in [0.3, 0.4) is 0 Å². The van der Waals surface area contributed by atoms with Crippen LogP contribution in [0, 0.1) is 0 Å². The minimum Gasteiger partial charge on any atom is -0.489 e. The zero-order chi connectivity index (χ0) is 23.4. The highest BCUT2D eigenvalue weighted by atomic mass is 19.4. The predicted molar refractivity (Wildman–Crippen MR) is 118 cm³/mol. The minimum atomic E-state index is -4.34. The van der Waals surface area contributed by atoms with E-state index in [1.165, 1.54) is 12.1 Å². The lowest BCUT2D eigenvalue weighted by Crippen LogP contribution is -2.38. The van der Waals surface area contributed by atoms with E-state index in [2.05, 4.69) is 0 Å². The molecule has 0 spiro atoms. The number of rotatable bonds is 4. The van der Waals surface area contributed by atoms with Crippen LogP contribution >= 0.6 is 0 Å². The number of benzene rings is 2. The summed E-state index contributed by atoms with van der Waals surface area (Å²) in [5.74, 6) is 0.755. The Balaban J connectivity index is 1.60. The van der Waals surface area contributed by atoms with Gasteiger partial charge in [-0.25, -0.2) is 4.79 Å². The predicted octanol–water partition coefficient (Wildman–Crippen LogP) is 6.13. The number of fused-ring (bicyclic) bond motifs is 1. The standard InChI is InChI=1S/C25H28F3NO3/c1-24(2,3)32-23(30)29-15-13-19-7-4-8-22(21(19)14-16-29)31-17-5-6-18-9-11-20(12-10-18)25(26,27)28/h4-12H,13-17H2,1-3H3/b6-5+. The molecule has 2 aromatic carbocycles. The summed E-state index contributed by atoms with van der Waals surface area (Å²) < 4.78 is 49.4. The molecule has 0 saturated heterocycles. The lowest BCUT2D eigenvalue weighted by Gasteiger charge is -2.26. The number of carbonyl (C=O) groups is 1. The first-order valence-electron chi connectivity index (χ1n) is 10.6. The van der Waals surface area contributed by atoms with Crippen LogP contribution in [0.25, 0.3) is 6.08 Å². The molecule has 0 bridgehead atoms. The Morgan fingerprint density at radius 3 is 2.38 bits per heavy atom. The molecule has 2 aromatic rings. The second kappa shape index (κ2) is 9.67. The van der Waals surface area contributed by atoms with Crippen molar-refractivity contribution in [3.05, 3.63) is 70.8 Å². The van der Waals surface area contributed by atoms with Crippen molar-refractivity contribution in [3.8, 4) is 5.75 Å². The zero-order valence-corrected chi connectivity index (χ0v) is 18.5. The van der Waals surface area contributed by atoms with E-state index in [4.69, 9.17) is 9.47 Å². The van der Waals surface area contributed by atoms with Crippen LogP contribution in [0.15, 0.2) is 48.5 Å². The second-order valence-electron chi connectivity index (χ2n) is 8.69. The molecule has 0 fully saturated rings. The topological polar surface area (TPSA) is 38.8 Å². The Labute approximate surface area is 186 Å².